The van der Waals surface area contributed by atoms with Crippen LogP contribution in [0.25, 0.3) is 5.57 Å². The predicted octanol–water partition coefficient (Wildman–Crippen LogP) is 9.83. The number of aromatic amines is 1. The summed E-state index contributed by atoms with van der Waals surface area (Å²) in [6.45, 7) is 27.0. The van der Waals surface area contributed by atoms with E-state index in [0.29, 0.717) is 18.4 Å². The molecule has 6 aliphatic rings. The van der Waals surface area contributed by atoms with Gasteiger partial charge in [0.2, 0.25) is 0 Å². The molecule has 3 saturated carbocycles. The maximum atomic E-state index is 14.6. The maximum absolute atomic E-state index is 14.6. The summed E-state index contributed by atoms with van der Waals surface area (Å²) in [6, 6.07) is 2.29. The van der Waals surface area contributed by atoms with E-state index in [4.69, 9.17) is 19.0 Å². The number of unbranched alkanes of at least 4 members (excludes halogenated alkanes) is 1. The number of ether oxygens (including phenoxy) is 2. The molecular weight excluding hydrogens is 647 g/mol. The molecule has 7 atom stereocenters. The summed E-state index contributed by atoms with van der Waals surface area (Å²) >= 11 is 0. The Labute approximate surface area is 313 Å². The number of rotatable bonds is 7. The van der Waals surface area contributed by atoms with Crippen LogP contribution in [-0.4, -0.2) is 54.0 Å². The molecule has 8 rings (SSSR count). The monoisotopic (exact) mass is 714 g/mol. The lowest BCUT2D eigenvalue weighted by atomic mass is 9.32. The second kappa shape index (κ2) is 12.6. The third-order valence-electron chi connectivity index (χ3n) is 16.8. The van der Waals surface area contributed by atoms with Crippen LogP contribution in [0.2, 0.25) is 0 Å². The summed E-state index contributed by atoms with van der Waals surface area (Å²) in [6.07, 6.45) is 13.4. The fourth-order valence-electron chi connectivity index (χ4n) is 13.7. The number of carbonyl (C=O) groups is 1. The van der Waals surface area contributed by atoms with Gasteiger partial charge in [0.05, 0.1) is 43.7 Å². The van der Waals surface area contributed by atoms with Gasteiger partial charge in [-0.25, -0.2) is 0 Å². The van der Waals surface area contributed by atoms with E-state index in [1.807, 2.05) is 6.26 Å². The van der Waals surface area contributed by atoms with E-state index in [9.17, 15) is 4.79 Å². The highest BCUT2D eigenvalue weighted by molar-refractivity contribution is 5.82. The Hall–Kier alpha value is -2.38. The number of H-pyrrole nitrogens is 1. The summed E-state index contributed by atoms with van der Waals surface area (Å²) in [5.41, 5.74) is 8.23. The molecule has 1 unspecified atom stereocenters. The van der Waals surface area contributed by atoms with Crippen molar-refractivity contribution in [1.82, 2.24) is 15.1 Å². The number of aromatic nitrogens is 2. The number of fused-ring (bicyclic) bond motifs is 8. The SMILES string of the molecule is CCCCOC(=O)[C@]12CCC(C)(C)C[C@H]1C1=C(c3ccoc3CN3CCOCC3)CC3[C@@]4(C)Cc5c(n[nH]c5C)C(C)(C)[C@@H]4CC[C@@]3(C)[C@]1(C)CC2. The third-order valence-corrected chi connectivity index (χ3v) is 16.8. The van der Waals surface area contributed by atoms with Crippen molar-refractivity contribution in [3.05, 3.63) is 46.2 Å². The number of nitrogens with one attached hydrogen (secondary N) is 1. The van der Waals surface area contributed by atoms with Crippen molar-refractivity contribution in [2.24, 2.45) is 44.8 Å². The molecule has 0 amide bonds. The molecule has 0 spiro atoms. The van der Waals surface area contributed by atoms with Crippen molar-refractivity contribution in [2.45, 2.75) is 145 Å². The van der Waals surface area contributed by atoms with E-state index in [0.717, 1.165) is 96.4 Å². The molecular formula is C45H67N3O4. The lowest BCUT2D eigenvalue weighted by Crippen LogP contribution is -2.65. The molecule has 1 N–H and O–H groups in total. The number of aryl methyl sites for hydroxylation is 1. The van der Waals surface area contributed by atoms with Gasteiger partial charge >= 0.3 is 5.97 Å². The molecule has 4 fully saturated rings. The number of morpholine rings is 1. The second-order valence-corrected chi connectivity index (χ2v) is 20.3. The zero-order valence-electron chi connectivity index (χ0n) is 33.9. The Kier molecular flexibility index (Phi) is 8.85. The Balaban J connectivity index is 1.33. The molecule has 7 nitrogen and oxygen atoms in total. The Bertz CT molecular complexity index is 1730. The van der Waals surface area contributed by atoms with Gasteiger partial charge < -0.3 is 13.9 Å². The van der Waals surface area contributed by atoms with Crippen LogP contribution in [0.4, 0.5) is 0 Å². The molecule has 0 radical (unpaired) electrons. The molecule has 7 heteroatoms. The van der Waals surface area contributed by atoms with Crippen LogP contribution in [0.1, 0.15) is 148 Å². The van der Waals surface area contributed by atoms with Crippen LogP contribution in [0.3, 0.4) is 0 Å². The van der Waals surface area contributed by atoms with E-state index < -0.39 is 5.41 Å². The Morgan fingerprint density at radius 2 is 1.77 bits per heavy atom. The maximum Gasteiger partial charge on any atom is 0.312 e. The highest BCUT2D eigenvalue weighted by Crippen LogP contribution is 2.77. The van der Waals surface area contributed by atoms with E-state index in [1.54, 1.807) is 5.57 Å². The van der Waals surface area contributed by atoms with Gasteiger partial charge in [-0.05, 0) is 128 Å². The Morgan fingerprint density at radius 1 is 1.02 bits per heavy atom. The molecule has 52 heavy (non-hydrogen) atoms. The summed E-state index contributed by atoms with van der Waals surface area (Å²) in [4.78, 5) is 17.1. The van der Waals surface area contributed by atoms with Crippen LogP contribution >= 0.6 is 0 Å². The van der Waals surface area contributed by atoms with Crippen molar-refractivity contribution in [3.63, 3.8) is 0 Å². The topological polar surface area (TPSA) is 80.6 Å². The standard InChI is InChI=1S/C45H67N3O4/c1-10-11-21-52-39(49)45-17-15-40(3,4)27-33(45)37-31(30-13-22-51-34(30)28-48-19-23-50-24-20-48)25-36-42(7)26-32-29(2)46-47-38(32)41(5,6)35(42)12-14-43(36,8)44(37,9)16-18-45/h13,22,33,35-36H,10-12,14-21,23-28H2,1-9H3,(H,46,47)/t33-,35-,36?,42-,43+,44+,45-/m0/s1. The summed E-state index contributed by atoms with van der Waals surface area (Å²) in [5.74, 6) is 2.36. The molecule has 0 bridgehead atoms. The van der Waals surface area contributed by atoms with Crippen LogP contribution in [0, 0.1) is 51.8 Å². The second-order valence-electron chi connectivity index (χ2n) is 20.3. The number of furan rings is 1. The zero-order chi connectivity index (χ0) is 36.9. The highest BCUT2D eigenvalue weighted by atomic mass is 16.5. The molecule has 2 aromatic heterocycles. The van der Waals surface area contributed by atoms with Crippen LogP contribution in [0.15, 0.2) is 22.3 Å². The van der Waals surface area contributed by atoms with Crippen LogP contribution < -0.4 is 0 Å². The molecule has 3 heterocycles. The first-order valence-electron chi connectivity index (χ1n) is 20.9. The fraction of sp³-hybridized carbons (Fsp3) is 0.778. The Morgan fingerprint density at radius 3 is 2.52 bits per heavy atom. The molecule has 5 aliphatic carbocycles. The summed E-state index contributed by atoms with van der Waals surface area (Å²) in [5, 5.41) is 8.38. The summed E-state index contributed by atoms with van der Waals surface area (Å²) in [7, 11) is 0. The number of hydrogen-bond donors (Lipinski definition) is 1. The van der Waals surface area contributed by atoms with Gasteiger partial charge in [0, 0.05) is 29.8 Å². The molecule has 1 saturated heterocycles. The fourth-order valence-corrected chi connectivity index (χ4v) is 13.7. The minimum Gasteiger partial charge on any atom is -0.467 e. The van der Waals surface area contributed by atoms with Crippen LogP contribution in [0.5, 0.6) is 0 Å². The number of nitrogens with zero attached hydrogens (tertiary/aromatic N) is 2. The highest BCUT2D eigenvalue weighted by Gasteiger charge is 2.70. The number of esters is 1. The third kappa shape index (κ3) is 5.23. The van der Waals surface area contributed by atoms with Gasteiger partial charge in [-0.15, -0.1) is 0 Å². The lowest BCUT2D eigenvalue weighted by Gasteiger charge is -2.71. The largest absolute Gasteiger partial charge is 0.467 e. The van der Waals surface area contributed by atoms with E-state index in [1.165, 1.54) is 40.9 Å². The molecule has 0 aromatic carbocycles. The molecule has 1 aliphatic heterocycles. The lowest BCUT2D eigenvalue weighted by molar-refractivity contribution is -0.180. The van der Waals surface area contributed by atoms with Gasteiger partial charge in [-0.3, -0.25) is 14.8 Å². The van der Waals surface area contributed by atoms with Crippen molar-refractivity contribution in [1.29, 1.82) is 0 Å². The number of carbonyl (C=O) groups excluding carboxylic acids is 1. The molecule has 2 aromatic rings. The van der Waals surface area contributed by atoms with Crippen molar-refractivity contribution in [2.75, 3.05) is 32.9 Å². The minimum atomic E-state index is -0.461. The van der Waals surface area contributed by atoms with Crippen molar-refractivity contribution in [3.8, 4) is 0 Å². The quantitative estimate of drug-likeness (QED) is 0.227. The van der Waals surface area contributed by atoms with Gasteiger partial charge in [0.25, 0.3) is 0 Å². The van der Waals surface area contributed by atoms with E-state index in [2.05, 4.69) is 78.4 Å². The first-order valence-corrected chi connectivity index (χ1v) is 20.9. The minimum absolute atomic E-state index is 0.00598. The van der Waals surface area contributed by atoms with Gasteiger partial charge in [-0.1, -0.05) is 67.4 Å². The normalized spacial score (nSPS) is 38.1. The van der Waals surface area contributed by atoms with Gasteiger partial charge in [0.15, 0.2) is 0 Å². The van der Waals surface area contributed by atoms with E-state index >= 15 is 0 Å². The zero-order valence-corrected chi connectivity index (χ0v) is 33.9. The van der Waals surface area contributed by atoms with Gasteiger partial charge in [-0.2, -0.15) is 5.10 Å². The first-order chi connectivity index (χ1) is 24.6. The summed E-state index contributed by atoms with van der Waals surface area (Å²) < 4.78 is 18.5. The van der Waals surface area contributed by atoms with Gasteiger partial charge in [0.1, 0.15) is 5.76 Å². The average molecular weight is 714 g/mol. The van der Waals surface area contributed by atoms with Crippen molar-refractivity contribution < 1.29 is 18.7 Å². The van der Waals surface area contributed by atoms with Crippen LogP contribution in [-0.2, 0) is 32.6 Å². The average Bonchev–Trinajstić information content (AvgIpc) is 3.71. The smallest absolute Gasteiger partial charge is 0.312 e. The van der Waals surface area contributed by atoms with Crippen molar-refractivity contribution >= 4 is 11.5 Å². The molecule has 286 valence electrons. The predicted molar refractivity (Wildman–Crippen MR) is 206 cm³/mol. The van der Waals surface area contributed by atoms with E-state index in [-0.39, 0.29) is 39.0 Å². The number of allylic oxidation sites excluding steroid dienone is 2. The number of hydrogen-bond acceptors (Lipinski definition) is 6. The first kappa shape index (κ1) is 36.6.